The predicted molar refractivity (Wildman–Crippen MR) is 167 cm³/mol. The number of benzene rings is 6. The van der Waals surface area contributed by atoms with Crippen LogP contribution in [-0.2, 0) is 6.11 Å². The average Bonchev–Trinajstić information content (AvgIpc) is 3.04. The standard InChI is InChI=1S/C39H19F11O/c1-18-3-5-20(6-4-18)22-10-23-13-28(40)26(37(47)36(23)30(42)12-22)8-7-21-11-29(41)27(9-19(21)2)39(49,50)51-25-16-31(43)35(32(44)17-25)24-14-33(45)38(48)34(46)15-24/h3-6,9-17H,1-2H3. The Hall–Kier alpha value is -5.83. The first-order valence-corrected chi connectivity index (χ1v) is 14.8. The summed E-state index contributed by atoms with van der Waals surface area (Å²) in [6.45, 7) is 3.06. The van der Waals surface area contributed by atoms with Crippen LogP contribution in [0.25, 0.3) is 33.0 Å². The molecule has 0 saturated carbocycles. The van der Waals surface area contributed by atoms with Gasteiger partial charge in [-0.25, -0.2) is 39.5 Å². The van der Waals surface area contributed by atoms with Crippen LogP contribution in [0.1, 0.15) is 27.8 Å². The minimum atomic E-state index is -4.57. The van der Waals surface area contributed by atoms with Crippen molar-refractivity contribution in [2.75, 3.05) is 0 Å². The van der Waals surface area contributed by atoms with Gasteiger partial charge in [0.2, 0.25) is 0 Å². The van der Waals surface area contributed by atoms with Crippen LogP contribution in [0.2, 0.25) is 0 Å². The molecule has 12 heteroatoms. The van der Waals surface area contributed by atoms with E-state index in [0.717, 1.165) is 17.7 Å². The molecule has 0 aromatic heterocycles. The Balaban J connectivity index is 1.29. The number of aryl methyl sites for hydroxylation is 2. The molecule has 0 atom stereocenters. The van der Waals surface area contributed by atoms with E-state index >= 15 is 26.3 Å². The summed E-state index contributed by atoms with van der Waals surface area (Å²) in [5.74, 6) is -10.4. The third-order valence-electron chi connectivity index (χ3n) is 7.95. The monoisotopic (exact) mass is 712 g/mol. The van der Waals surface area contributed by atoms with Gasteiger partial charge in [0.25, 0.3) is 0 Å². The van der Waals surface area contributed by atoms with Crippen LogP contribution in [0, 0.1) is 78.0 Å². The zero-order valence-corrected chi connectivity index (χ0v) is 26.1. The van der Waals surface area contributed by atoms with Crippen molar-refractivity contribution in [3.05, 3.63) is 159 Å². The normalized spacial score (nSPS) is 11.5. The molecule has 0 bridgehead atoms. The summed E-state index contributed by atoms with van der Waals surface area (Å²) in [6, 6.07) is 12.6. The smallest absolute Gasteiger partial charge is 0.429 e. The lowest BCUT2D eigenvalue weighted by Crippen LogP contribution is -2.24. The lowest BCUT2D eigenvalue weighted by atomic mass is 9.97. The lowest BCUT2D eigenvalue weighted by Gasteiger charge is -2.20. The second-order valence-electron chi connectivity index (χ2n) is 11.5. The van der Waals surface area contributed by atoms with Gasteiger partial charge < -0.3 is 4.74 Å². The van der Waals surface area contributed by atoms with E-state index in [1.54, 1.807) is 24.3 Å². The topological polar surface area (TPSA) is 9.23 Å². The molecule has 0 spiro atoms. The van der Waals surface area contributed by atoms with E-state index in [1.165, 1.54) is 13.0 Å². The van der Waals surface area contributed by atoms with Gasteiger partial charge in [-0.15, -0.1) is 0 Å². The summed E-state index contributed by atoms with van der Waals surface area (Å²) in [4.78, 5) is 0. The Bertz CT molecular complexity index is 2400. The maximum atomic E-state index is 15.4. The molecule has 6 aromatic rings. The Morgan fingerprint density at radius 2 is 1.14 bits per heavy atom. The maximum Gasteiger partial charge on any atom is 0.429 e. The van der Waals surface area contributed by atoms with Crippen LogP contribution in [0.3, 0.4) is 0 Å². The quantitative estimate of drug-likeness (QED) is 0.0982. The van der Waals surface area contributed by atoms with Gasteiger partial charge in [-0.05, 0) is 84.0 Å². The maximum absolute atomic E-state index is 15.4. The van der Waals surface area contributed by atoms with Crippen molar-refractivity contribution in [2.24, 2.45) is 0 Å². The molecule has 0 aliphatic heterocycles. The fraction of sp³-hybridized carbons (Fsp3) is 0.0769. The molecular weight excluding hydrogens is 693 g/mol. The van der Waals surface area contributed by atoms with Crippen molar-refractivity contribution in [3.8, 4) is 39.8 Å². The highest BCUT2D eigenvalue weighted by atomic mass is 19.3. The fourth-order valence-corrected chi connectivity index (χ4v) is 5.40. The van der Waals surface area contributed by atoms with Crippen molar-refractivity contribution in [1.82, 2.24) is 0 Å². The van der Waals surface area contributed by atoms with Crippen molar-refractivity contribution < 1.29 is 53.0 Å². The first-order chi connectivity index (χ1) is 24.0. The molecular formula is C39H19F11O. The van der Waals surface area contributed by atoms with E-state index in [2.05, 4.69) is 16.6 Å². The van der Waals surface area contributed by atoms with Gasteiger partial charge in [-0.3, -0.25) is 0 Å². The Labute approximate surface area is 282 Å². The van der Waals surface area contributed by atoms with E-state index in [-0.39, 0.29) is 28.6 Å². The molecule has 0 unspecified atom stereocenters. The second-order valence-corrected chi connectivity index (χ2v) is 11.5. The van der Waals surface area contributed by atoms with Crippen molar-refractivity contribution in [3.63, 3.8) is 0 Å². The van der Waals surface area contributed by atoms with E-state index in [1.807, 2.05) is 6.92 Å². The largest absolute Gasteiger partial charge is 0.429 e. The summed E-state index contributed by atoms with van der Waals surface area (Å²) < 4.78 is 165. The first-order valence-electron chi connectivity index (χ1n) is 14.8. The van der Waals surface area contributed by atoms with E-state index in [0.29, 0.717) is 35.4 Å². The predicted octanol–water partition coefficient (Wildman–Crippen LogP) is 11.6. The molecule has 0 heterocycles. The molecule has 0 N–H and O–H groups in total. The molecule has 0 radical (unpaired) electrons. The summed E-state index contributed by atoms with van der Waals surface area (Å²) >= 11 is 0. The summed E-state index contributed by atoms with van der Waals surface area (Å²) in [7, 11) is 0. The Morgan fingerprint density at radius 3 is 1.76 bits per heavy atom. The number of fused-ring (bicyclic) bond motifs is 1. The molecule has 0 saturated heterocycles. The average molecular weight is 713 g/mol. The number of ether oxygens (including phenoxy) is 1. The molecule has 0 aliphatic rings. The van der Waals surface area contributed by atoms with Gasteiger partial charge in [-0.2, -0.15) is 8.78 Å². The zero-order chi connectivity index (χ0) is 36.9. The van der Waals surface area contributed by atoms with Gasteiger partial charge in [0.15, 0.2) is 23.3 Å². The highest BCUT2D eigenvalue weighted by Gasteiger charge is 2.39. The van der Waals surface area contributed by atoms with Gasteiger partial charge in [0.1, 0.15) is 40.4 Å². The number of alkyl halides is 2. The minimum Gasteiger partial charge on any atom is -0.429 e. The zero-order valence-electron chi connectivity index (χ0n) is 26.1. The van der Waals surface area contributed by atoms with Gasteiger partial charge in [0.05, 0.1) is 16.5 Å². The molecule has 258 valence electrons. The summed E-state index contributed by atoms with van der Waals surface area (Å²) in [5, 5.41) is -0.642. The number of halogens is 11. The first kappa shape index (κ1) is 35.0. The van der Waals surface area contributed by atoms with Gasteiger partial charge in [-0.1, -0.05) is 41.7 Å². The second kappa shape index (κ2) is 13.1. The molecule has 6 aromatic carbocycles. The highest BCUT2D eigenvalue weighted by Crippen LogP contribution is 2.38. The van der Waals surface area contributed by atoms with Crippen LogP contribution < -0.4 is 4.74 Å². The lowest BCUT2D eigenvalue weighted by molar-refractivity contribution is -0.187. The Morgan fingerprint density at radius 1 is 0.529 bits per heavy atom. The SMILES string of the molecule is Cc1ccc(-c2cc(F)c3c(F)c(C#Cc4cc(F)c(C(F)(F)Oc5cc(F)c(-c6cc(F)c(F)c(F)c6)c(F)c5)cc4C)c(F)cc3c2)cc1. The molecule has 1 nitrogen and oxygen atoms in total. The summed E-state index contributed by atoms with van der Waals surface area (Å²) in [5.41, 5.74) is -2.62. The molecule has 6 rings (SSSR count). The van der Waals surface area contributed by atoms with E-state index < -0.39 is 91.9 Å². The minimum absolute atomic E-state index is 0.0902. The van der Waals surface area contributed by atoms with Crippen molar-refractivity contribution in [2.45, 2.75) is 20.0 Å². The summed E-state index contributed by atoms with van der Waals surface area (Å²) in [6.07, 6.45) is -4.57. The van der Waals surface area contributed by atoms with Crippen LogP contribution in [0.15, 0.2) is 78.9 Å². The molecule has 0 fully saturated rings. The molecule has 0 aliphatic carbocycles. The third-order valence-corrected chi connectivity index (χ3v) is 7.95. The van der Waals surface area contributed by atoms with Crippen LogP contribution in [-0.4, -0.2) is 0 Å². The fourth-order valence-electron chi connectivity index (χ4n) is 5.40. The third kappa shape index (κ3) is 6.71. The van der Waals surface area contributed by atoms with E-state index in [4.69, 9.17) is 0 Å². The van der Waals surface area contributed by atoms with Gasteiger partial charge in [0, 0.05) is 17.7 Å². The molecule has 0 amide bonds. The number of hydrogen-bond acceptors (Lipinski definition) is 1. The van der Waals surface area contributed by atoms with E-state index in [9.17, 15) is 22.0 Å². The van der Waals surface area contributed by atoms with Crippen LogP contribution in [0.4, 0.5) is 48.3 Å². The van der Waals surface area contributed by atoms with Gasteiger partial charge >= 0.3 is 6.11 Å². The Kier molecular flexibility index (Phi) is 9.02. The van der Waals surface area contributed by atoms with Crippen molar-refractivity contribution in [1.29, 1.82) is 0 Å². The van der Waals surface area contributed by atoms with Crippen LogP contribution in [0.5, 0.6) is 5.75 Å². The number of rotatable bonds is 5. The van der Waals surface area contributed by atoms with Crippen LogP contribution >= 0.6 is 0 Å². The highest BCUT2D eigenvalue weighted by molar-refractivity contribution is 5.90. The van der Waals surface area contributed by atoms with Crippen molar-refractivity contribution >= 4 is 10.8 Å². The molecule has 51 heavy (non-hydrogen) atoms. The number of hydrogen-bond donors (Lipinski definition) is 0.